The molecule has 0 aliphatic rings. The molecule has 0 spiro atoms. The van der Waals surface area contributed by atoms with E-state index in [1.54, 1.807) is 26.0 Å². The van der Waals surface area contributed by atoms with Gasteiger partial charge in [-0.05, 0) is 43.8 Å². The van der Waals surface area contributed by atoms with E-state index in [1.807, 2.05) is 0 Å². The molecule has 0 saturated heterocycles. The van der Waals surface area contributed by atoms with Crippen LogP contribution in [-0.2, 0) is 14.3 Å². The van der Waals surface area contributed by atoms with Gasteiger partial charge in [0.25, 0.3) is 0 Å². The highest BCUT2D eigenvalue weighted by Crippen LogP contribution is 2.23. The van der Waals surface area contributed by atoms with Crippen molar-refractivity contribution >= 4 is 11.9 Å². The number of hydrogen-bond donors (Lipinski definition) is 2. The van der Waals surface area contributed by atoms with Gasteiger partial charge >= 0.3 is 5.97 Å². The fourth-order valence-electron chi connectivity index (χ4n) is 1.86. The van der Waals surface area contributed by atoms with Gasteiger partial charge in [0.2, 0.25) is 5.91 Å². The maximum atomic E-state index is 11.7. The zero-order chi connectivity index (χ0) is 18.9. The van der Waals surface area contributed by atoms with Crippen LogP contribution in [0, 0.1) is 5.41 Å². The molecule has 5 nitrogen and oxygen atoms in total. The van der Waals surface area contributed by atoms with E-state index >= 15 is 0 Å². The molecule has 0 bridgehead atoms. The number of nitrogens with one attached hydrogen (secondary N) is 1. The van der Waals surface area contributed by atoms with Crippen molar-refractivity contribution in [3.8, 4) is 0 Å². The number of carbonyl (C=O) groups is 2. The van der Waals surface area contributed by atoms with Crippen LogP contribution in [0.5, 0.6) is 0 Å². The Morgan fingerprint density at radius 2 is 1.79 bits per heavy atom. The largest absolute Gasteiger partial charge is 0.459 e. The summed E-state index contributed by atoms with van der Waals surface area (Å²) in [5.41, 5.74) is 6.45. The number of carbonyl (C=O) groups excluding carboxylic acids is 2. The summed E-state index contributed by atoms with van der Waals surface area (Å²) in [5.74, 6) is -0.701. The van der Waals surface area contributed by atoms with Crippen molar-refractivity contribution in [3.63, 3.8) is 0 Å². The van der Waals surface area contributed by atoms with Crippen molar-refractivity contribution in [1.82, 2.24) is 5.32 Å². The lowest BCUT2D eigenvalue weighted by Gasteiger charge is -2.24. The lowest BCUT2D eigenvalue weighted by molar-refractivity contribution is -0.142. The van der Waals surface area contributed by atoms with E-state index in [0.717, 1.165) is 12.8 Å². The Morgan fingerprint density at radius 1 is 1.21 bits per heavy atom. The Hall–Kier alpha value is -1.88. The third kappa shape index (κ3) is 10.0. The first-order valence-electron chi connectivity index (χ1n) is 8.22. The van der Waals surface area contributed by atoms with Crippen molar-refractivity contribution in [2.45, 2.75) is 59.6 Å². The lowest BCUT2D eigenvalue weighted by Crippen LogP contribution is -2.40. The van der Waals surface area contributed by atoms with E-state index < -0.39 is 5.97 Å². The Bertz CT molecular complexity index is 499. The second-order valence-electron chi connectivity index (χ2n) is 7.31. The highest BCUT2D eigenvalue weighted by molar-refractivity contribution is 5.91. The van der Waals surface area contributed by atoms with E-state index in [-0.39, 0.29) is 35.6 Å². The van der Waals surface area contributed by atoms with Crippen LogP contribution in [0.25, 0.3) is 0 Å². The highest BCUT2D eigenvalue weighted by atomic mass is 16.5. The monoisotopic (exact) mass is 336 g/mol. The fourth-order valence-corrected chi connectivity index (χ4v) is 1.86. The van der Waals surface area contributed by atoms with Crippen LogP contribution in [-0.4, -0.2) is 30.6 Å². The van der Waals surface area contributed by atoms with Crippen molar-refractivity contribution in [1.29, 1.82) is 0 Å². The summed E-state index contributed by atoms with van der Waals surface area (Å²) in [7, 11) is 0. The molecular formula is C19H32N2O3. The van der Waals surface area contributed by atoms with E-state index in [9.17, 15) is 9.59 Å². The van der Waals surface area contributed by atoms with Gasteiger partial charge in [-0.25, -0.2) is 4.79 Å². The normalized spacial score (nSPS) is 13.0. The standard InChI is InChI=1S/C19H32N2O3/c1-13(2)24-18(23)15(4)9-8-14(3)16(21-17(22)12-20)10-11-19(5,6)7/h8-9,13,16H,3-4,10-12,20H2,1-2,5-7H3,(H,21,22)/b9-8-. The fraction of sp³-hybridized carbons (Fsp3) is 0.579. The number of esters is 1. The van der Waals surface area contributed by atoms with Crippen LogP contribution >= 0.6 is 0 Å². The predicted molar refractivity (Wildman–Crippen MR) is 98.3 cm³/mol. The first-order valence-corrected chi connectivity index (χ1v) is 8.22. The van der Waals surface area contributed by atoms with Gasteiger partial charge in [-0.1, -0.05) is 40.0 Å². The molecule has 1 atom stereocenters. The number of amides is 1. The molecule has 0 radical (unpaired) electrons. The van der Waals surface area contributed by atoms with E-state index in [2.05, 4.69) is 39.2 Å². The van der Waals surface area contributed by atoms with Crippen molar-refractivity contribution in [2.24, 2.45) is 11.1 Å². The molecule has 136 valence electrons. The second kappa shape index (κ2) is 10.1. The van der Waals surface area contributed by atoms with Crippen LogP contribution in [0.15, 0.2) is 36.5 Å². The molecule has 1 amide bonds. The van der Waals surface area contributed by atoms with Gasteiger partial charge in [0.05, 0.1) is 24.3 Å². The number of ether oxygens (including phenoxy) is 1. The summed E-state index contributed by atoms with van der Waals surface area (Å²) in [6.07, 6.45) is 4.70. The zero-order valence-corrected chi connectivity index (χ0v) is 15.6. The molecule has 1 unspecified atom stereocenters. The Morgan fingerprint density at radius 3 is 2.25 bits per heavy atom. The Kier molecular flexibility index (Phi) is 9.29. The Balaban J connectivity index is 4.90. The van der Waals surface area contributed by atoms with Crippen molar-refractivity contribution in [3.05, 3.63) is 36.5 Å². The number of nitrogens with two attached hydrogens (primary N) is 1. The summed E-state index contributed by atoms with van der Waals surface area (Å²) >= 11 is 0. The topological polar surface area (TPSA) is 81.4 Å². The van der Waals surface area contributed by atoms with Gasteiger partial charge in [0, 0.05) is 0 Å². The maximum Gasteiger partial charge on any atom is 0.337 e. The molecule has 0 aromatic rings. The molecule has 0 heterocycles. The first-order chi connectivity index (χ1) is 11.0. The molecule has 0 aromatic heterocycles. The predicted octanol–water partition coefficient (Wildman–Crippen LogP) is 2.88. The SMILES string of the molecule is C=C(/C=C\C(=C)C(CCC(C)(C)C)NC(=O)CN)C(=O)OC(C)C. The summed E-state index contributed by atoms with van der Waals surface area (Å²) in [4.78, 5) is 23.4. The Labute approximate surface area is 146 Å². The molecule has 0 fully saturated rings. The third-order valence-electron chi connectivity index (χ3n) is 3.25. The minimum absolute atomic E-state index is 0.0730. The van der Waals surface area contributed by atoms with Gasteiger partial charge in [-0.2, -0.15) is 0 Å². The second-order valence-corrected chi connectivity index (χ2v) is 7.31. The summed E-state index contributed by atoms with van der Waals surface area (Å²) in [6.45, 7) is 17.6. The van der Waals surface area contributed by atoms with Crippen LogP contribution in [0.2, 0.25) is 0 Å². The lowest BCUT2D eigenvalue weighted by atomic mass is 9.87. The minimum atomic E-state index is -0.466. The number of hydrogen-bond acceptors (Lipinski definition) is 4. The average molecular weight is 336 g/mol. The summed E-state index contributed by atoms with van der Waals surface area (Å²) in [5, 5.41) is 2.86. The smallest absolute Gasteiger partial charge is 0.337 e. The van der Waals surface area contributed by atoms with E-state index in [4.69, 9.17) is 10.5 Å². The first kappa shape index (κ1) is 22.1. The number of rotatable bonds is 9. The molecule has 24 heavy (non-hydrogen) atoms. The minimum Gasteiger partial charge on any atom is -0.459 e. The molecule has 0 saturated carbocycles. The van der Waals surface area contributed by atoms with E-state index in [1.165, 1.54) is 0 Å². The van der Waals surface area contributed by atoms with Crippen LogP contribution < -0.4 is 11.1 Å². The molecule has 0 rings (SSSR count). The summed E-state index contributed by atoms with van der Waals surface area (Å²) < 4.78 is 5.07. The van der Waals surface area contributed by atoms with Gasteiger partial charge < -0.3 is 15.8 Å². The molecule has 0 aliphatic carbocycles. The maximum absolute atomic E-state index is 11.7. The third-order valence-corrected chi connectivity index (χ3v) is 3.25. The van der Waals surface area contributed by atoms with E-state index in [0.29, 0.717) is 5.57 Å². The van der Waals surface area contributed by atoms with Crippen LogP contribution in [0.1, 0.15) is 47.5 Å². The molecule has 5 heteroatoms. The van der Waals surface area contributed by atoms with Gasteiger partial charge in [-0.3, -0.25) is 4.79 Å². The van der Waals surface area contributed by atoms with Crippen molar-refractivity contribution < 1.29 is 14.3 Å². The molecule has 0 aromatic carbocycles. The molecule has 3 N–H and O–H groups in total. The van der Waals surface area contributed by atoms with Crippen LogP contribution in [0.3, 0.4) is 0 Å². The van der Waals surface area contributed by atoms with Gasteiger partial charge in [-0.15, -0.1) is 0 Å². The van der Waals surface area contributed by atoms with Gasteiger partial charge in [0.15, 0.2) is 0 Å². The molecular weight excluding hydrogens is 304 g/mol. The molecule has 0 aliphatic heterocycles. The summed E-state index contributed by atoms with van der Waals surface area (Å²) in [6, 6.07) is -0.231. The highest BCUT2D eigenvalue weighted by Gasteiger charge is 2.18. The quantitative estimate of drug-likeness (QED) is 0.385. The van der Waals surface area contributed by atoms with Gasteiger partial charge in [0.1, 0.15) is 0 Å². The van der Waals surface area contributed by atoms with Crippen LogP contribution in [0.4, 0.5) is 0 Å². The average Bonchev–Trinajstić information content (AvgIpc) is 2.46. The van der Waals surface area contributed by atoms with Crippen molar-refractivity contribution in [2.75, 3.05) is 6.54 Å². The zero-order valence-electron chi connectivity index (χ0n) is 15.6.